The maximum absolute atomic E-state index is 11.1. The summed E-state index contributed by atoms with van der Waals surface area (Å²) in [6.45, 7) is 15.3. The first-order valence-electron chi connectivity index (χ1n) is 29.7. The van der Waals surface area contributed by atoms with E-state index in [0.29, 0.717) is 9.79 Å². The van der Waals surface area contributed by atoms with Crippen molar-refractivity contribution in [2.75, 3.05) is 26.2 Å². The molecule has 0 amide bonds. The summed E-state index contributed by atoms with van der Waals surface area (Å²) in [5.74, 6) is -2.00. The number of carboxylic acid groups (broad SMARTS) is 2. The van der Waals surface area contributed by atoms with Gasteiger partial charge in [0.15, 0.2) is 0 Å². The molecule has 0 saturated carbocycles. The third-order valence-electron chi connectivity index (χ3n) is 14.4. The van der Waals surface area contributed by atoms with Gasteiger partial charge in [-0.05, 0) is 75.6 Å². The van der Waals surface area contributed by atoms with Crippen molar-refractivity contribution in [1.29, 1.82) is 0 Å². The topological polar surface area (TPSA) is 74.6 Å². The number of quaternary nitrogens is 1. The normalized spacial score (nSPS) is 11.5. The van der Waals surface area contributed by atoms with Crippen molar-refractivity contribution in [2.45, 2.75) is 294 Å². The molecule has 0 fully saturated rings. The predicted octanol–water partition coefficient (Wildman–Crippen LogP) is 21.4. The molecular formula is C62H110NO4S2+. The second-order valence-electron chi connectivity index (χ2n) is 20.7. The summed E-state index contributed by atoms with van der Waals surface area (Å²) < 4.78 is 1.49. The average molecular weight is 998 g/mol. The number of nitrogens with zero attached hydrogens (tertiary/aromatic N) is 1. The number of hydrogen-bond acceptors (Lipinski definition) is 4. The monoisotopic (exact) mass is 997 g/mol. The third kappa shape index (κ3) is 37.5. The number of carboxylic acids is 2. The van der Waals surface area contributed by atoms with Gasteiger partial charge in [-0.15, -0.1) is 0 Å². The lowest BCUT2D eigenvalue weighted by atomic mass is 10.0. The van der Waals surface area contributed by atoms with Gasteiger partial charge in [-0.25, -0.2) is 9.59 Å². The molecule has 0 heterocycles. The van der Waals surface area contributed by atoms with E-state index in [1.165, 1.54) is 321 Å². The molecule has 0 bridgehead atoms. The van der Waals surface area contributed by atoms with Gasteiger partial charge in [0, 0.05) is 9.79 Å². The van der Waals surface area contributed by atoms with Gasteiger partial charge in [-0.3, -0.25) is 0 Å². The van der Waals surface area contributed by atoms with Crippen LogP contribution in [-0.2, 0) is 0 Å². The molecule has 0 radical (unpaired) electrons. The van der Waals surface area contributed by atoms with Gasteiger partial charge < -0.3 is 14.7 Å². The highest BCUT2D eigenvalue weighted by Crippen LogP contribution is 2.40. The van der Waals surface area contributed by atoms with E-state index in [2.05, 4.69) is 27.7 Å². The van der Waals surface area contributed by atoms with E-state index in [0.717, 1.165) is 0 Å². The molecule has 2 rings (SSSR count). The summed E-state index contributed by atoms with van der Waals surface area (Å²) in [5.41, 5.74) is 0.413. The van der Waals surface area contributed by atoms with Gasteiger partial charge in [0.25, 0.3) is 0 Å². The summed E-state index contributed by atoms with van der Waals surface area (Å²) in [6, 6.07) is 13.3. The van der Waals surface area contributed by atoms with E-state index in [9.17, 15) is 9.59 Å². The van der Waals surface area contributed by atoms with Crippen LogP contribution in [0.4, 0.5) is 0 Å². The number of hydrogen-bond donors (Lipinski definition) is 2. The van der Waals surface area contributed by atoms with Crippen molar-refractivity contribution in [2.24, 2.45) is 0 Å². The minimum Gasteiger partial charge on any atom is -0.478 e. The largest absolute Gasteiger partial charge is 0.478 e. The number of benzene rings is 2. The molecule has 398 valence electrons. The Balaban J connectivity index is 0.000000976. The number of carbonyl (C=O) groups is 2. The summed E-state index contributed by atoms with van der Waals surface area (Å²) >= 11 is 0. The molecule has 0 atom stereocenters. The smallest absolute Gasteiger partial charge is 0.336 e. The van der Waals surface area contributed by atoms with E-state index in [1.807, 2.05) is 0 Å². The van der Waals surface area contributed by atoms with Crippen LogP contribution in [0.1, 0.15) is 305 Å². The molecule has 2 aromatic carbocycles. The molecule has 2 aromatic rings. The summed E-state index contributed by atoms with van der Waals surface area (Å²) in [4.78, 5) is 23.4. The van der Waals surface area contributed by atoms with Crippen molar-refractivity contribution in [3.63, 3.8) is 0 Å². The van der Waals surface area contributed by atoms with Crippen molar-refractivity contribution >= 4 is 33.5 Å². The van der Waals surface area contributed by atoms with Crippen molar-refractivity contribution in [3.8, 4) is 0 Å². The lowest BCUT2D eigenvalue weighted by molar-refractivity contribution is -0.929. The predicted molar refractivity (Wildman–Crippen MR) is 306 cm³/mol. The number of unbranched alkanes of at least 4 members (excludes halogenated alkanes) is 36. The first kappa shape index (κ1) is 65.1. The minimum atomic E-state index is -1.000. The fraction of sp³-hybridized carbons (Fsp3) is 0.774. The molecule has 0 unspecified atom stereocenters. The zero-order chi connectivity index (χ0) is 50.1. The molecule has 5 nitrogen and oxygen atoms in total. The summed E-state index contributed by atoms with van der Waals surface area (Å²) in [7, 11) is 2.47. The van der Waals surface area contributed by atoms with Crippen LogP contribution < -0.4 is 0 Å². The van der Waals surface area contributed by atoms with E-state index in [4.69, 9.17) is 10.2 Å². The fourth-order valence-corrected chi connectivity index (χ4v) is 12.3. The molecule has 0 aromatic heterocycles. The molecular weight excluding hydrogens is 887 g/mol. The highest BCUT2D eigenvalue weighted by molar-refractivity contribution is 8.76. The lowest BCUT2D eigenvalue weighted by Crippen LogP contribution is -2.50. The van der Waals surface area contributed by atoms with Crippen LogP contribution in [0.25, 0.3) is 0 Å². The first-order chi connectivity index (χ1) is 33.8. The number of rotatable bonds is 49. The zero-order valence-electron chi connectivity index (χ0n) is 45.7. The highest BCUT2D eigenvalue weighted by atomic mass is 33.1. The standard InChI is InChI=1S/C48H100N.C14H10O4S2/c1-5-9-13-17-21-25-29-33-37-41-45-49(46-42-38-34-30-26-22-18-14-10-6-2,47-43-39-35-31-27-23-19-15-11-7-3)48-44-40-36-32-28-24-20-16-12-8-4;15-13(16)9-5-1-3-7-11(9)19-20-12-8-4-2-6-10(12)14(17)18/h5-48H2,1-4H3;1-8H,(H,15,16)(H,17,18)/q+1;. The maximum Gasteiger partial charge on any atom is 0.336 e. The Hall–Kier alpha value is -1.96. The second-order valence-corrected chi connectivity index (χ2v) is 22.9. The Kier molecular flexibility index (Phi) is 45.6. The van der Waals surface area contributed by atoms with Gasteiger partial charge in [-0.2, -0.15) is 0 Å². The lowest BCUT2D eigenvalue weighted by Gasteiger charge is -2.40. The second kappa shape index (κ2) is 48.3. The molecule has 0 aliphatic rings. The molecule has 0 spiro atoms. The first-order valence-corrected chi connectivity index (χ1v) is 31.8. The van der Waals surface area contributed by atoms with E-state index < -0.39 is 11.9 Å². The highest BCUT2D eigenvalue weighted by Gasteiger charge is 2.26. The summed E-state index contributed by atoms with van der Waals surface area (Å²) in [5, 5.41) is 18.2. The summed E-state index contributed by atoms with van der Waals surface area (Å²) in [6.07, 6.45) is 58.7. The number of aromatic carboxylic acids is 2. The van der Waals surface area contributed by atoms with Crippen molar-refractivity contribution in [1.82, 2.24) is 0 Å². The van der Waals surface area contributed by atoms with E-state index >= 15 is 0 Å². The molecule has 69 heavy (non-hydrogen) atoms. The maximum atomic E-state index is 11.1. The minimum absolute atomic E-state index is 0.206. The fourth-order valence-electron chi connectivity index (χ4n) is 9.93. The van der Waals surface area contributed by atoms with Crippen LogP contribution >= 0.6 is 21.6 Å². The zero-order valence-corrected chi connectivity index (χ0v) is 47.3. The van der Waals surface area contributed by atoms with Crippen LogP contribution in [0.2, 0.25) is 0 Å². The Morgan fingerprint density at radius 3 is 0.710 bits per heavy atom. The van der Waals surface area contributed by atoms with E-state index in [-0.39, 0.29) is 11.1 Å². The van der Waals surface area contributed by atoms with Gasteiger partial charge in [0.1, 0.15) is 0 Å². The van der Waals surface area contributed by atoms with Crippen LogP contribution in [0.15, 0.2) is 58.3 Å². The third-order valence-corrected chi connectivity index (χ3v) is 16.9. The Bertz CT molecular complexity index is 1290. The Morgan fingerprint density at radius 2 is 0.507 bits per heavy atom. The molecule has 0 aliphatic carbocycles. The molecule has 0 aliphatic heterocycles. The van der Waals surface area contributed by atoms with Crippen LogP contribution in [0, 0.1) is 0 Å². The SMILES string of the molecule is CCCCCCCCCCCC[N+](CCCCCCCCCCCC)(CCCCCCCCCCCC)CCCCCCCCCCCC.O=C(O)c1ccccc1SSc1ccccc1C(=O)O. The van der Waals surface area contributed by atoms with Crippen LogP contribution in [-0.4, -0.2) is 52.8 Å². The quantitative estimate of drug-likeness (QED) is 0.0391. The van der Waals surface area contributed by atoms with Crippen molar-refractivity contribution < 1.29 is 24.3 Å². The van der Waals surface area contributed by atoms with Crippen LogP contribution in [0.3, 0.4) is 0 Å². The average Bonchev–Trinajstić information content (AvgIpc) is 3.35. The van der Waals surface area contributed by atoms with Gasteiger partial charge >= 0.3 is 11.9 Å². The Morgan fingerprint density at radius 1 is 0.319 bits per heavy atom. The molecule has 7 heteroatoms. The van der Waals surface area contributed by atoms with Crippen molar-refractivity contribution in [3.05, 3.63) is 59.7 Å². The van der Waals surface area contributed by atoms with Crippen LogP contribution in [0.5, 0.6) is 0 Å². The van der Waals surface area contributed by atoms with Gasteiger partial charge in [-0.1, -0.05) is 279 Å². The van der Waals surface area contributed by atoms with Gasteiger partial charge in [0.05, 0.1) is 37.3 Å². The molecule has 0 saturated heterocycles. The Labute approximate surface area is 435 Å². The van der Waals surface area contributed by atoms with Gasteiger partial charge in [0.2, 0.25) is 0 Å². The van der Waals surface area contributed by atoms with E-state index in [1.54, 1.807) is 36.4 Å². The molecule has 2 N–H and O–H groups in total.